The summed E-state index contributed by atoms with van der Waals surface area (Å²) < 4.78 is 0. The molecule has 0 N–H and O–H groups in total. The van der Waals surface area contributed by atoms with E-state index < -0.39 is 0 Å². The van der Waals surface area contributed by atoms with Crippen molar-refractivity contribution in [1.29, 1.82) is 0 Å². The number of anilines is 2. The molecule has 2 aliphatic heterocycles. The number of benzene rings is 4. The molecule has 0 bridgehead atoms. The van der Waals surface area contributed by atoms with E-state index in [4.69, 9.17) is 0 Å². The van der Waals surface area contributed by atoms with Gasteiger partial charge in [-0.3, -0.25) is 19.2 Å². The molecule has 186 valence electrons. The lowest BCUT2D eigenvalue weighted by molar-refractivity contribution is -0.121. The third-order valence-electron chi connectivity index (χ3n) is 6.39. The molecule has 2 aliphatic rings. The maximum Gasteiger partial charge on any atom is 0.258 e. The van der Waals surface area contributed by atoms with Crippen LogP contribution in [0.1, 0.15) is 0 Å². The molecule has 0 saturated carbocycles. The number of thioether (sulfide) groups is 2. The SMILES string of the molecule is O=C1C=CC(=O)N1c1ccc2ccccc2c1SCCSc1c(N2C(=O)C=CC2=O)ccc2ccccc12. The Balaban J connectivity index is 1.30. The molecular formula is C30H20N2O4S2. The van der Waals surface area contributed by atoms with Crippen LogP contribution < -0.4 is 9.80 Å². The first kappa shape index (κ1) is 24.2. The van der Waals surface area contributed by atoms with Gasteiger partial charge in [0.05, 0.1) is 11.4 Å². The number of rotatable bonds is 7. The van der Waals surface area contributed by atoms with Crippen LogP contribution in [0.3, 0.4) is 0 Å². The fraction of sp³-hybridized carbons (Fsp3) is 0.0667. The molecule has 0 saturated heterocycles. The lowest BCUT2D eigenvalue weighted by atomic mass is 10.1. The minimum atomic E-state index is -0.351. The van der Waals surface area contributed by atoms with Gasteiger partial charge < -0.3 is 0 Å². The predicted octanol–water partition coefficient (Wildman–Crippen LogP) is 5.74. The summed E-state index contributed by atoms with van der Waals surface area (Å²) in [5, 5.41) is 3.98. The summed E-state index contributed by atoms with van der Waals surface area (Å²) in [4.78, 5) is 54.0. The van der Waals surface area contributed by atoms with Crippen LogP contribution in [0.4, 0.5) is 11.4 Å². The summed E-state index contributed by atoms with van der Waals surface area (Å²) >= 11 is 3.15. The Morgan fingerprint density at radius 3 is 1.24 bits per heavy atom. The van der Waals surface area contributed by atoms with Gasteiger partial charge in [0, 0.05) is 45.6 Å². The Morgan fingerprint density at radius 2 is 0.842 bits per heavy atom. The summed E-state index contributed by atoms with van der Waals surface area (Å²) in [5.74, 6) is -0.0761. The molecule has 0 spiro atoms. The number of hydrogen-bond donors (Lipinski definition) is 0. The lowest BCUT2D eigenvalue weighted by Crippen LogP contribution is -2.30. The van der Waals surface area contributed by atoms with Crippen molar-refractivity contribution >= 4 is 80.1 Å². The Bertz CT molecular complexity index is 1560. The summed E-state index contributed by atoms with van der Waals surface area (Å²) in [6, 6.07) is 23.3. The zero-order chi connectivity index (χ0) is 26.2. The topological polar surface area (TPSA) is 74.8 Å². The number of amides is 4. The number of nitrogens with zero attached hydrogens (tertiary/aromatic N) is 2. The number of fused-ring (bicyclic) bond motifs is 2. The molecule has 0 unspecified atom stereocenters. The second kappa shape index (κ2) is 9.96. The van der Waals surface area contributed by atoms with Gasteiger partial charge in [-0.2, -0.15) is 0 Å². The molecule has 6 rings (SSSR count). The fourth-order valence-electron chi connectivity index (χ4n) is 4.68. The first-order chi connectivity index (χ1) is 18.5. The highest BCUT2D eigenvalue weighted by molar-refractivity contribution is 8.03. The van der Waals surface area contributed by atoms with Crippen molar-refractivity contribution in [3.63, 3.8) is 0 Å². The molecule has 4 aromatic rings. The Kier molecular flexibility index (Phi) is 6.35. The van der Waals surface area contributed by atoms with E-state index in [1.165, 1.54) is 34.1 Å². The number of carbonyl (C=O) groups excluding carboxylic acids is 4. The van der Waals surface area contributed by atoms with Crippen LogP contribution in [0.25, 0.3) is 21.5 Å². The second-order valence-electron chi connectivity index (χ2n) is 8.66. The maximum absolute atomic E-state index is 12.5. The van der Waals surface area contributed by atoms with Gasteiger partial charge in [-0.1, -0.05) is 60.7 Å². The van der Waals surface area contributed by atoms with E-state index in [1.807, 2.05) is 72.8 Å². The fourth-order valence-corrected chi connectivity index (χ4v) is 7.05. The van der Waals surface area contributed by atoms with Crippen molar-refractivity contribution < 1.29 is 19.2 Å². The summed E-state index contributed by atoms with van der Waals surface area (Å²) in [5.41, 5.74) is 1.15. The molecule has 0 aliphatic carbocycles. The zero-order valence-electron chi connectivity index (χ0n) is 20.0. The van der Waals surface area contributed by atoms with Crippen LogP contribution in [-0.4, -0.2) is 35.1 Å². The van der Waals surface area contributed by atoms with Crippen molar-refractivity contribution in [3.8, 4) is 0 Å². The minimum absolute atomic E-state index is 0.351. The normalized spacial score (nSPS) is 15.2. The van der Waals surface area contributed by atoms with E-state index in [0.717, 1.165) is 31.3 Å². The van der Waals surface area contributed by atoms with Crippen LogP contribution in [0.15, 0.2) is 107 Å². The van der Waals surface area contributed by atoms with Crippen LogP contribution in [0, 0.1) is 0 Å². The molecule has 0 aromatic heterocycles. The lowest BCUT2D eigenvalue weighted by Gasteiger charge is -2.21. The van der Waals surface area contributed by atoms with E-state index >= 15 is 0 Å². The molecule has 4 aromatic carbocycles. The Labute approximate surface area is 227 Å². The first-order valence-electron chi connectivity index (χ1n) is 11.9. The molecule has 2 heterocycles. The third-order valence-corrected chi connectivity index (χ3v) is 8.90. The van der Waals surface area contributed by atoms with Crippen LogP contribution >= 0.6 is 23.5 Å². The largest absolute Gasteiger partial charge is 0.269 e. The van der Waals surface area contributed by atoms with Gasteiger partial charge >= 0.3 is 0 Å². The molecule has 0 atom stereocenters. The smallest absolute Gasteiger partial charge is 0.258 e. The molecule has 0 fully saturated rings. The van der Waals surface area contributed by atoms with Crippen molar-refractivity contribution in [3.05, 3.63) is 97.1 Å². The molecule has 4 amide bonds. The van der Waals surface area contributed by atoms with Crippen LogP contribution in [0.2, 0.25) is 0 Å². The molecule has 38 heavy (non-hydrogen) atoms. The average Bonchev–Trinajstić information content (AvgIpc) is 3.45. The first-order valence-corrected chi connectivity index (χ1v) is 13.9. The van der Waals surface area contributed by atoms with E-state index in [1.54, 1.807) is 23.5 Å². The summed E-state index contributed by atoms with van der Waals surface area (Å²) in [7, 11) is 0. The van der Waals surface area contributed by atoms with Crippen molar-refractivity contribution in [2.45, 2.75) is 9.79 Å². The van der Waals surface area contributed by atoms with E-state index in [0.29, 0.717) is 22.9 Å². The zero-order valence-corrected chi connectivity index (χ0v) is 21.6. The average molecular weight is 537 g/mol. The van der Waals surface area contributed by atoms with E-state index in [2.05, 4.69) is 0 Å². The Morgan fingerprint density at radius 1 is 0.474 bits per heavy atom. The van der Waals surface area contributed by atoms with Gasteiger partial charge in [0.1, 0.15) is 0 Å². The van der Waals surface area contributed by atoms with Crippen LogP contribution in [-0.2, 0) is 19.2 Å². The predicted molar refractivity (Wildman–Crippen MR) is 153 cm³/mol. The van der Waals surface area contributed by atoms with Gasteiger partial charge in [-0.05, 0) is 33.7 Å². The van der Waals surface area contributed by atoms with Crippen molar-refractivity contribution in [2.24, 2.45) is 0 Å². The number of carbonyl (C=O) groups is 4. The van der Waals surface area contributed by atoms with E-state index in [9.17, 15) is 19.2 Å². The van der Waals surface area contributed by atoms with Gasteiger partial charge in [-0.15, -0.1) is 23.5 Å². The van der Waals surface area contributed by atoms with Gasteiger partial charge in [0.25, 0.3) is 23.6 Å². The molecule has 8 heteroatoms. The molecule has 0 radical (unpaired) electrons. The number of imide groups is 2. The third kappa shape index (κ3) is 4.21. The maximum atomic E-state index is 12.5. The quantitative estimate of drug-likeness (QED) is 0.170. The Hall–Kier alpha value is -4.14. The van der Waals surface area contributed by atoms with E-state index in [-0.39, 0.29) is 23.6 Å². The highest BCUT2D eigenvalue weighted by Crippen LogP contribution is 2.41. The molecular weight excluding hydrogens is 516 g/mol. The minimum Gasteiger partial charge on any atom is -0.269 e. The number of hydrogen-bond acceptors (Lipinski definition) is 6. The van der Waals surface area contributed by atoms with Gasteiger partial charge in [-0.25, -0.2) is 9.80 Å². The van der Waals surface area contributed by atoms with Crippen molar-refractivity contribution in [1.82, 2.24) is 0 Å². The summed E-state index contributed by atoms with van der Waals surface area (Å²) in [6.07, 6.45) is 5.17. The molecule has 6 nitrogen and oxygen atoms in total. The second-order valence-corrected chi connectivity index (χ2v) is 10.9. The van der Waals surface area contributed by atoms with Crippen LogP contribution in [0.5, 0.6) is 0 Å². The standard InChI is InChI=1S/C30H20N2O4S2/c33-25-13-14-26(34)31(25)23-11-9-19-5-1-3-7-21(19)29(23)37-17-18-38-30-22-8-4-2-6-20(22)10-12-24(30)32-27(35)15-16-28(32)36/h1-16H,17-18H2. The monoisotopic (exact) mass is 536 g/mol. The highest BCUT2D eigenvalue weighted by atomic mass is 32.2. The van der Waals surface area contributed by atoms with Gasteiger partial charge in [0.15, 0.2) is 0 Å². The highest BCUT2D eigenvalue weighted by Gasteiger charge is 2.29. The van der Waals surface area contributed by atoms with Gasteiger partial charge in [0.2, 0.25) is 0 Å². The summed E-state index contributed by atoms with van der Waals surface area (Å²) in [6.45, 7) is 0. The van der Waals surface area contributed by atoms with Crippen molar-refractivity contribution in [2.75, 3.05) is 21.3 Å².